The third kappa shape index (κ3) is 3.46. The quantitative estimate of drug-likeness (QED) is 0.272. The average molecular weight is 490 g/mol. The Bertz CT molecular complexity index is 354. The molecule has 152 valence electrons. The van der Waals surface area contributed by atoms with E-state index in [-0.39, 0.29) is 0 Å². The van der Waals surface area contributed by atoms with Crippen LogP contribution in [0.1, 0.15) is 128 Å². The molecule has 0 atom stereocenters. The van der Waals surface area contributed by atoms with Crippen LogP contribution in [0, 0.1) is 0 Å². The summed E-state index contributed by atoms with van der Waals surface area (Å²) in [5.41, 5.74) is 4.68. The van der Waals surface area contributed by atoms with Gasteiger partial charge in [0.15, 0.2) is 0 Å². The van der Waals surface area contributed by atoms with E-state index < -0.39 is 4.25 Å². The maximum atomic E-state index is 3.42. The summed E-state index contributed by atoms with van der Waals surface area (Å²) in [4.78, 5) is 0. The van der Waals surface area contributed by atoms with E-state index in [1.165, 1.54) is 22.6 Å². The molecule has 0 bridgehead atoms. The maximum absolute atomic E-state index is 3.42. The molecule has 0 saturated heterocycles. The van der Waals surface area contributed by atoms with Crippen LogP contribution in [0.25, 0.3) is 0 Å². The normalized spacial score (nSPS) is 30.7. The van der Waals surface area contributed by atoms with Crippen molar-refractivity contribution in [2.24, 2.45) is 0 Å². The molecule has 0 nitrogen and oxygen atoms in total. The van der Waals surface area contributed by atoms with Crippen molar-refractivity contribution in [2.75, 3.05) is 0 Å². The Hall–Kier alpha value is 1.16. The van der Waals surface area contributed by atoms with Gasteiger partial charge in [-0.05, 0) is 0 Å². The predicted octanol–water partition coefficient (Wildman–Crippen LogP) is 9.22. The molecule has 0 heterocycles. The van der Waals surface area contributed by atoms with E-state index in [2.05, 4.69) is 22.0 Å². The molecule has 4 rings (SSSR count). The van der Waals surface area contributed by atoms with Gasteiger partial charge in [0, 0.05) is 0 Å². The van der Waals surface area contributed by atoms with Crippen LogP contribution in [0.2, 0.25) is 0 Å². The van der Waals surface area contributed by atoms with Crippen LogP contribution < -0.4 is 0 Å². The number of hydrogen-bond acceptors (Lipinski definition) is 0. The van der Waals surface area contributed by atoms with E-state index in [9.17, 15) is 0 Å². The molecule has 0 aromatic carbocycles. The van der Waals surface area contributed by atoms with Crippen molar-refractivity contribution in [3.8, 4) is 0 Å². The molecule has 0 aromatic heterocycles. The number of hydrogen-bond donors (Lipinski definition) is 0. The fourth-order valence-corrected chi connectivity index (χ4v) is 24.4. The number of rotatable bonds is 4. The second-order valence-electron chi connectivity index (χ2n) is 10.5. The van der Waals surface area contributed by atoms with Gasteiger partial charge < -0.3 is 0 Å². The molecule has 0 aromatic rings. The summed E-state index contributed by atoms with van der Waals surface area (Å²) in [6, 6.07) is 0. The van der Waals surface area contributed by atoms with Gasteiger partial charge in [-0.2, -0.15) is 0 Å². The van der Waals surface area contributed by atoms with Crippen molar-refractivity contribution in [2.45, 2.75) is 151 Å². The second kappa shape index (κ2) is 8.89. The molecule has 4 aliphatic rings. The fraction of sp³-hybridized carbons (Fsp3) is 1.00. The molecule has 2 heteroatoms. The molecule has 4 fully saturated rings. The Morgan fingerprint density at radius 1 is 0.346 bits per heavy atom. The zero-order valence-corrected chi connectivity index (χ0v) is 20.3. The van der Waals surface area contributed by atoms with Crippen molar-refractivity contribution in [3.05, 3.63) is 0 Å². The Balaban J connectivity index is 1.79. The molecular formula is C24H44IP. The van der Waals surface area contributed by atoms with Gasteiger partial charge in [0.05, 0.1) is 0 Å². The molecular weight excluding hydrogens is 446 g/mol. The Morgan fingerprint density at radius 3 is 0.731 bits per heavy atom. The zero-order valence-electron chi connectivity index (χ0n) is 17.3. The Morgan fingerprint density at radius 2 is 0.538 bits per heavy atom. The summed E-state index contributed by atoms with van der Waals surface area (Å²) < 4.78 is -1.74. The molecule has 0 radical (unpaired) electrons. The second-order valence-corrected chi connectivity index (χ2v) is 22.6. The molecule has 0 aliphatic heterocycles. The summed E-state index contributed by atoms with van der Waals surface area (Å²) >= 11 is 3.42. The average Bonchev–Trinajstić information content (AvgIpc) is 2.76. The van der Waals surface area contributed by atoms with Crippen LogP contribution in [0.5, 0.6) is 0 Å². The molecule has 0 spiro atoms. The van der Waals surface area contributed by atoms with Gasteiger partial charge in [0.2, 0.25) is 0 Å². The Labute approximate surface area is 176 Å². The van der Waals surface area contributed by atoms with E-state index in [1.54, 1.807) is 128 Å². The number of halogens is 1. The van der Waals surface area contributed by atoms with Crippen LogP contribution in [-0.4, -0.2) is 22.6 Å². The molecule has 0 amide bonds. The monoisotopic (exact) mass is 490 g/mol. The standard InChI is InChI=1S/C24H44IP/c25-26(21-13-5-1-6-14-21,22-15-7-2-8-16-22,23-17-9-3-10-18-23)24-19-11-4-12-20-24/h21-24H,1-20H2. The first kappa shape index (κ1) is 20.4. The summed E-state index contributed by atoms with van der Waals surface area (Å²) in [6.45, 7) is 0. The minimum absolute atomic E-state index is 1.17. The summed E-state index contributed by atoms with van der Waals surface area (Å²) in [5, 5.41) is 0. The van der Waals surface area contributed by atoms with E-state index >= 15 is 0 Å². The topological polar surface area (TPSA) is 0 Å². The molecule has 0 N–H and O–H groups in total. The van der Waals surface area contributed by atoms with E-state index in [0.717, 1.165) is 0 Å². The van der Waals surface area contributed by atoms with Crippen molar-refractivity contribution in [1.82, 2.24) is 0 Å². The van der Waals surface area contributed by atoms with Crippen LogP contribution in [-0.2, 0) is 0 Å². The van der Waals surface area contributed by atoms with Gasteiger partial charge in [0.1, 0.15) is 0 Å². The summed E-state index contributed by atoms with van der Waals surface area (Å²) in [6.07, 6.45) is 31.7. The first-order valence-corrected chi connectivity index (χ1v) is 17.8. The van der Waals surface area contributed by atoms with Crippen LogP contribution in [0.15, 0.2) is 0 Å². The predicted molar refractivity (Wildman–Crippen MR) is 128 cm³/mol. The minimum atomic E-state index is -1.74. The molecule has 4 saturated carbocycles. The van der Waals surface area contributed by atoms with Crippen LogP contribution in [0.3, 0.4) is 0 Å². The van der Waals surface area contributed by atoms with Crippen molar-refractivity contribution >= 4 is 26.3 Å². The van der Waals surface area contributed by atoms with E-state index in [0.29, 0.717) is 0 Å². The Kier molecular flexibility index (Phi) is 6.99. The fourth-order valence-electron chi connectivity index (χ4n) is 8.29. The van der Waals surface area contributed by atoms with Crippen LogP contribution >= 0.6 is 26.3 Å². The van der Waals surface area contributed by atoms with Gasteiger partial charge >= 0.3 is 177 Å². The van der Waals surface area contributed by atoms with Gasteiger partial charge in [-0.1, -0.05) is 0 Å². The first-order valence-electron chi connectivity index (χ1n) is 12.5. The summed E-state index contributed by atoms with van der Waals surface area (Å²) in [7, 11) is 0. The van der Waals surface area contributed by atoms with Gasteiger partial charge in [-0.3, -0.25) is 0 Å². The molecule has 26 heavy (non-hydrogen) atoms. The SMILES string of the molecule is IP(C1CCCCC1)(C1CCCCC1)(C1CCCCC1)C1CCCCC1. The van der Waals surface area contributed by atoms with Gasteiger partial charge in [-0.25, -0.2) is 0 Å². The van der Waals surface area contributed by atoms with Crippen LogP contribution in [0.4, 0.5) is 0 Å². The summed E-state index contributed by atoms with van der Waals surface area (Å²) in [5.74, 6) is 0. The van der Waals surface area contributed by atoms with E-state index in [4.69, 9.17) is 0 Å². The van der Waals surface area contributed by atoms with Gasteiger partial charge in [0.25, 0.3) is 0 Å². The van der Waals surface area contributed by atoms with E-state index in [1.807, 2.05) is 0 Å². The molecule has 0 unspecified atom stereocenters. The van der Waals surface area contributed by atoms with Crippen molar-refractivity contribution in [3.63, 3.8) is 0 Å². The third-order valence-electron chi connectivity index (χ3n) is 9.38. The van der Waals surface area contributed by atoms with Gasteiger partial charge in [-0.15, -0.1) is 0 Å². The van der Waals surface area contributed by atoms with Crippen molar-refractivity contribution < 1.29 is 0 Å². The zero-order chi connectivity index (χ0) is 17.9. The first-order chi connectivity index (χ1) is 12.7. The molecule has 4 aliphatic carbocycles. The third-order valence-corrected chi connectivity index (χ3v) is 27.1. The van der Waals surface area contributed by atoms with Crippen molar-refractivity contribution in [1.29, 1.82) is 0 Å².